The maximum atomic E-state index is 12.1. The Morgan fingerprint density at radius 3 is 2.48 bits per heavy atom. The highest BCUT2D eigenvalue weighted by molar-refractivity contribution is 7.90. The highest BCUT2D eigenvalue weighted by Gasteiger charge is 2.37. The number of amides is 3. The molecule has 0 saturated carbocycles. The van der Waals surface area contributed by atoms with Gasteiger partial charge in [0.1, 0.15) is 15.9 Å². The number of imide groups is 1. The first-order valence-electron chi connectivity index (χ1n) is 6.70. The van der Waals surface area contributed by atoms with Crippen molar-refractivity contribution < 1.29 is 18.0 Å². The van der Waals surface area contributed by atoms with Gasteiger partial charge in [0.05, 0.1) is 5.75 Å². The van der Waals surface area contributed by atoms with Crippen LogP contribution in [0.25, 0.3) is 0 Å². The van der Waals surface area contributed by atoms with Crippen molar-refractivity contribution in [1.82, 2.24) is 10.2 Å². The predicted octanol–water partition coefficient (Wildman–Crippen LogP) is 0.584. The number of carbonyl (C=O) groups is 2. The maximum Gasteiger partial charge on any atom is 0.324 e. The van der Waals surface area contributed by atoms with Crippen molar-refractivity contribution in [2.45, 2.75) is 18.9 Å². The van der Waals surface area contributed by atoms with E-state index in [0.717, 1.165) is 16.7 Å². The maximum absolute atomic E-state index is 12.1. The van der Waals surface area contributed by atoms with Crippen LogP contribution >= 0.6 is 0 Å². The summed E-state index contributed by atoms with van der Waals surface area (Å²) in [5, 5.41) is 2.60. The molecule has 0 radical (unpaired) electrons. The molecule has 1 aliphatic rings. The number of rotatable bonds is 6. The predicted molar refractivity (Wildman–Crippen MR) is 78.5 cm³/mol. The van der Waals surface area contributed by atoms with E-state index in [1.54, 1.807) is 0 Å². The summed E-state index contributed by atoms with van der Waals surface area (Å²) >= 11 is 0. The van der Waals surface area contributed by atoms with Gasteiger partial charge in [-0.15, -0.1) is 0 Å². The molecule has 21 heavy (non-hydrogen) atoms. The van der Waals surface area contributed by atoms with Crippen molar-refractivity contribution in [2.75, 3.05) is 18.6 Å². The van der Waals surface area contributed by atoms with E-state index in [0.29, 0.717) is 12.8 Å². The van der Waals surface area contributed by atoms with Gasteiger partial charge in [0.2, 0.25) is 0 Å². The summed E-state index contributed by atoms with van der Waals surface area (Å²) in [6.07, 6.45) is 2.26. The lowest BCUT2D eigenvalue weighted by Crippen LogP contribution is -2.35. The largest absolute Gasteiger partial charge is 0.326 e. The minimum Gasteiger partial charge on any atom is -0.326 e. The summed E-state index contributed by atoms with van der Waals surface area (Å²) in [6.45, 7) is -0.0919. The third kappa shape index (κ3) is 4.29. The van der Waals surface area contributed by atoms with Crippen molar-refractivity contribution >= 4 is 21.8 Å². The third-order valence-corrected chi connectivity index (χ3v) is 4.28. The molecule has 1 fully saturated rings. The van der Waals surface area contributed by atoms with Crippen molar-refractivity contribution in [3.63, 3.8) is 0 Å². The van der Waals surface area contributed by atoms with Crippen LogP contribution in [0.4, 0.5) is 4.79 Å². The minimum absolute atomic E-state index is 0.0919. The average molecular weight is 310 g/mol. The molecule has 114 valence electrons. The summed E-state index contributed by atoms with van der Waals surface area (Å²) in [6, 6.07) is 8.59. The molecule has 1 heterocycles. The molecule has 2 rings (SSSR count). The average Bonchev–Trinajstić information content (AvgIpc) is 2.69. The van der Waals surface area contributed by atoms with Crippen LogP contribution in [0.3, 0.4) is 0 Å². The molecular weight excluding hydrogens is 292 g/mol. The molecule has 1 aliphatic heterocycles. The number of nitrogens with zero attached hydrogens (tertiary/aromatic N) is 1. The Morgan fingerprint density at radius 1 is 1.19 bits per heavy atom. The van der Waals surface area contributed by atoms with Crippen molar-refractivity contribution in [1.29, 1.82) is 0 Å². The highest BCUT2D eigenvalue weighted by atomic mass is 32.2. The van der Waals surface area contributed by atoms with Gasteiger partial charge in [-0.25, -0.2) is 13.2 Å². The van der Waals surface area contributed by atoms with E-state index in [4.69, 9.17) is 0 Å². The Hall–Kier alpha value is -1.89. The first-order chi connectivity index (χ1) is 9.87. The normalized spacial score (nSPS) is 18.9. The summed E-state index contributed by atoms with van der Waals surface area (Å²) in [5.41, 5.74) is 1.09. The Kier molecular flexibility index (Phi) is 4.62. The fourth-order valence-electron chi connectivity index (χ4n) is 2.20. The van der Waals surface area contributed by atoms with Gasteiger partial charge in [-0.05, 0) is 18.4 Å². The van der Waals surface area contributed by atoms with Crippen molar-refractivity contribution in [2.24, 2.45) is 0 Å². The molecule has 1 N–H and O–H groups in total. The zero-order valence-electron chi connectivity index (χ0n) is 11.8. The number of benzene rings is 1. The van der Waals surface area contributed by atoms with Crippen LogP contribution in [0.1, 0.15) is 12.0 Å². The first kappa shape index (κ1) is 15.5. The molecule has 1 saturated heterocycles. The standard InChI is InChI=1S/C14H18N2O4S/c1-21(19,20)10-9-16-13(17)12(15-14(16)18)8-7-11-5-3-2-4-6-11/h2-6,12H,7-10H2,1H3,(H,15,18). The Bertz CT molecular complexity index is 628. The smallest absolute Gasteiger partial charge is 0.324 e. The van der Waals surface area contributed by atoms with Crippen LogP contribution in [0.15, 0.2) is 30.3 Å². The van der Waals surface area contributed by atoms with Crippen LogP contribution in [0.5, 0.6) is 0 Å². The Balaban J connectivity index is 1.92. The molecule has 1 aromatic carbocycles. The van der Waals surface area contributed by atoms with E-state index in [1.807, 2.05) is 30.3 Å². The fraction of sp³-hybridized carbons (Fsp3) is 0.429. The number of nitrogens with one attached hydrogen (secondary N) is 1. The molecule has 6 nitrogen and oxygen atoms in total. The number of hydrogen-bond acceptors (Lipinski definition) is 4. The number of carbonyl (C=O) groups excluding carboxylic acids is 2. The highest BCUT2D eigenvalue weighted by Crippen LogP contribution is 2.13. The molecule has 1 unspecified atom stereocenters. The second-order valence-corrected chi connectivity index (χ2v) is 7.41. The monoisotopic (exact) mass is 310 g/mol. The second kappa shape index (κ2) is 6.26. The summed E-state index contributed by atoms with van der Waals surface area (Å²) in [7, 11) is -3.21. The molecule has 0 aliphatic carbocycles. The van der Waals surface area contributed by atoms with Crippen molar-refractivity contribution in [3.8, 4) is 0 Å². The molecule has 0 bridgehead atoms. The zero-order chi connectivity index (χ0) is 15.5. The number of sulfone groups is 1. The van der Waals surface area contributed by atoms with Crippen LogP contribution in [-0.2, 0) is 21.1 Å². The molecular formula is C14H18N2O4S. The molecule has 1 atom stereocenters. The molecule has 0 aromatic heterocycles. The lowest BCUT2D eigenvalue weighted by Gasteiger charge is -2.12. The zero-order valence-corrected chi connectivity index (χ0v) is 12.6. The van der Waals surface area contributed by atoms with Gasteiger partial charge in [-0.2, -0.15) is 0 Å². The summed E-state index contributed by atoms with van der Waals surface area (Å²) in [5.74, 6) is -0.558. The Labute approximate surface area is 124 Å². The van der Waals surface area contributed by atoms with Crippen LogP contribution in [0.2, 0.25) is 0 Å². The van der Waals surface area contributed by atoms with Gasteiger partial charge in [0.25, 0.3) is 5.91 Å². The number of hydrogen-bond donors (Lipinski definition) is 1. The van der Waals surface area contributed by atoms with Gasteiger partial charge >= 0.3 is 6.03 Å². The summed E-state index contributed by atoms with van der Waals surface area (Å²) < 4.78 is 22.2. The van der Waals surface area contributed by atoms with Crippen LogP contribution < -0.4 is 5.32 Å². The Morgan fingerprint density at radius 2 is 1.86 bits per heavy atom. The third-order valence-electron chi connectivity index (χ3n) is 3.36. The van der Waals surface area contributed by atoms with E-state index in [1.165, 1.54) is 0 Å². The fourth-order valence-corrected chi connectivity index (χ4v) is 2.71. The first-order valence-corrected chi connectivity index (χ1v) is 8.76. The van der Waals surface area contributed by atoms with E-state index < -0.39 is 21.9 Å². The van der Waals surface area contributed by atoms with Gasteiger partial charge in [0.15, 0.2) is 0 Å². The number of aryl methyl sites for hydroxylation is 1. The second-order valence-electron chi connectivity index (χ2n) is 5.15. The minimum atomic E-state index is -3.21. The number of urea groups is 1. The van der Waals surface area contributed by atoms with Crippen molar-refractivity contribution in [3.05, 3.63) is 35.9 Å². The van der Waals surface area contributed by atoms with E-state index in [-0.39, 0.29) is 18.2 Å². The van der Waals surface area contributed by atoms with Crippen LogP contribution in [0, 0.1) is 0 Å². The van der Waals surface area contributed by atoms with Gasteiger partial charge in [0, 0.05) is 12.8 Å². The van der Waals surface area contributed by atoms with E-state index in [2.05, 4.69) is 5.32 Å². The van der Waals surface area contributed by atoms with E-state index >= 15 is 0 Å². The summed E-state index contributed by atoms with van der Waals surface area (Å²) in [4.78, 5) is 24.8. The molecule has 7 heteroatoms. The lowest BCUT2D eigenvalue weighted by molar-refractivity contribution is -0.127. The molecule has 1 aromatic rings. The molecule has 3 amide bonds. The van der Waals surface area contributed by atoms with E-state index in [9.17, 15) is 18.0 Å². The lowest BCUT2D eigenvalue weighted by atomic mass is 10.1. The topological polar surface area (TPSA) is 83.6 Å². The van der Waals surface area contributed by atoms with Crippen LogP contribution in [-0.4, -0.2) is 49.9 Å². The van der Waals surface area contributed by atoms with Gasteiger partial charge in [-0.3, -0.25) is 9.69 Å². The van der Waals surface area contributed by atoms with Gasteiger partial charge < -0.3 is 5.32 Å². The molecule has 0 spiro atoms. The quantitative estimate of drug-likeness (QED) is 0.779. The SMILES string of the molecule is CS(=O)(=O)CCN1C(=O)NC(CCc2ccccc2)C1=O. The van der Waals surface area contributed by atoms with Gasteiger partial charge in [-0.1, -0.05) is 30.3 Å².